The van der Waals surface area contributed by atoms with E-state index >= 15 is 0 Å². The highest BCUT2D eigenvalue weighted by Crippen LogP contribution is 2.24. The van der Waals surface area contributed by atoms with Crippen LogP contribution in [-0.2, 0) is 11.3 Å². The average Bonchev–Trinajstić information content (AvgIpc) is 3.06. The van der Waals surface area contributed by atoms with Gasteiger partial charge in [-0.1, -0.05) is 42.5 Å². The van der Waals surface area contributed by atoms with E-state index in [1.165, 1.54) is 0 Å². The zero-order valence-electron chi connectivity index (χ0n) is 14.1. The molecule has 128 valence electrons. The predicted octanol–water partition coefficient (Wildman–Crippen LogP) is 4.95. The Morgan fingerprint density at radius 3 is 2.56 bits per heavy atom. The summed E-state index contributed by atoms with van der Waals surface area (Å²) in [6, 6.07) is 16.8. The van der Waals surface area contributed by atoms with Gasteiger partial charge in [0.25, 0.3) is 0 Å². The summed E-state index contributed by atoms with van der Waals surface area (Å²) in [7, 11) is 0. The molecule has 0 radical (unpaired) electrons. The molecule has 25 heavy (non-hydrogen) atoms. The second-order valence-corrected chi connectivity index (χ2v) is 6.66. The van der Waals surface area contributed by atoms with Gasteiger partial charge in [-0.05, 0) is 31.5 Å². The zero-order chi connectivity index (χ0) is 17.6. The Hall–Kier alpha value is -2.66. The van der Waals surface area contributed by atoms with Crippen LogP contribution in [0.15, 0.2) is 60.0 Å². The molecule has 0 unspecified atom stereocenters. The number of aryl methyl sites for hydroxylation is 1. The minimum atomic E-state index is -0.401. The van der Waals surface area contributed by atoms with Gasteiger partial charge in [0.1, 0.15) is 24.0 Å². The molecule has 3 rings (SSSR count). The van der Waals surface area contributed by atoms with Crippen molar-refractivity contribution in [2.75, 3.05) is 0 Å². The third kappa shape index (κ3) is 4.45. The molecule has 0 aliphatic carbocycles. The lowest BCUT2D eigenvalue weighted by molar-refractivity contribution is 0.0333. The van der Waals surface area contributed by atoms with Crippen LogP contribution in [0.25, 0.3) is 0 Å². The van der Waals surface area contributed by atoms with Crippen molar-refractivity contribution < 1.29 is 14.3 Å². The van der Waals surface area contributed by atoms with Crippen LogP contribution in [0.1, 0.15) is 39.7 Å². The van der Waals surface area contributed by atoms with Crippen molar-refractivity contribution in [3.63, 3.8) is 0 Å². The Morgan fingerprint density at radius 1 is 1.12 bits per heavy atom. The summed E-state index contributed by atoms with van der Waals surface area (Å²) in [5.41, 5.74) is 2.22. The summed E-state index contributed by atoms with van der Waals surface area (Å²) in [5.74, 6) is 0.0971. The van der Waals surface area contributed by atoms with Crippen LogP contribution in [-0.4, -0.2) is 11.0 Å². The van der Waals surface area contributed by atoms with E-state index in [4.69, 9.17) is 9.47 Å². The van der Waals surface area contributed by atoms with Gasteiger partial charge in [0, 0.05) is 5.38 Å². The van der Waals surface area contributed by atoms with Crippen molar-refractivity contribution in [2.24, 2.45) is 0 Å². The molecular formula is C20H19NO3S. The van der Waals surface area contributed by atoms with Gasteiger partial charge in [-0.25, -0.2) is 9.78 Å². The van der Waals surface area contributed by atoms with Crippen molar-refractivity contribution in [2.45, 2.75) is 26.6 Å². The maximum atomic E-state index is 12.5. The Labute approximate surface area is 151 Å². The second-order valence-electron chi connectivity index (χ2n) is 5.60. The third-order valence-electron chi connectivity index (χ3n) is 3.70. The van der Waals surface area contributed by atoms with E-state index in [-0.39, 0.29) is 6.10 Å². The molecule has 3 aromatic rings. The first-order valence-electron chi connectivity index (χ1n) is 8.02. The van der Waals surface area contributed by atoms with E-state index in [0.29, 0.717) is 17.9 Å². The molecule has 5 heteroatoms. The average molecular weight is 353 g/mol. The molecule has 1 aromatic heterocycles. The minimum absolute atomic E-state index is 0.322. The van der Waals surface area contributed by atoms with E-state index in [2.05, 4.69) is 4.98 Å². The molecule has 0 N–H and O–H groups in total. The van der Waals surface area contributed by atoms with Crippen molar-refractivity contribution in [3.8, 4) is 5.75 Å². The fourth-order valence-electron chi connectivity index (χ4n) is 2.40. The number of ether oxygens (including phenoxy) is 2. The van der Waals surface area contributed by atoms with Crippen LogP contribution < -0.4 is 4.74 Å². The van der Waals surface area contributed by atoms with Gasteiger partial charge in [-0.3, -0.25) is 0 Å². The summed E-state index contributed by atoms with van der Waals surface area (Å²) < 4.78 is 11.4. The molecule has 2 aromatic carbocycles. The van der Waals surface area contributed by atoms with Crippen LogP contribution in [0.4, 0.5) is 0 Å². The Bertz CT molecular complexity index is 845. The number of para-hydroxylation sites is 1. The Kier molecular flexibility index (Phi) is 5.46. The lowest BCUT2D eigenvalue weighted by Crippen LogP contribution is -2.11. The topological polar surface area (TPSA) is 48.4 Å². The Morgan fingerprint density at radius 2 is 1.84 bits per heavy atom. The van der Waals surface area contributed by atoms with Crippen LogP contribution in [0.3, 0.4) is 0 Å². The largest absolute Gasteiger partial charge is 0.486 e. The summed E-state index contributed by atoms with van der Waals surface area (Å²) in [6.45, 7) is 4.13. The summed E-state index contributed by atoms with van der Waals surface area (Å²) >= 11 is 1.57. The number of benzene rings is 2. The lowest BCUT2D eigenvalue weighted by atomic mass is 10.1. The third-order valence-corrected chi connectivity index (χ3v) is 4.52. The fourth-order valence-corrected chi connectivity index (χ4v) is 3.00. The summed E-state index contributed by atoms with van der Waals surface area (Å²) in [6.07, 6.45) is -0.331. The van der Waals surface area contributed by atoms with Crippen molar-refractivity contribution in [1.82, 2.24) is 4.98 Å². The fraction of sp³-hybridized carbons (Fsp3) is 0.200. The number of hydrogen-bond acceptors (Lipinski definition) is 5. The molecule has 0 saturated heterocycles. The number of thiazole rings is 1. The van der Waals surface area contributed by atoms with Crippen molar-refractivity contribution in [3.05, 3.63) is 81.8 Å². The van der Waals surface area contributed by atoms with Crippen LogP contribution in [0, 0.1) is 6.92 Å². The van der Waals surface area contributed by atoms with Gasteiger partial charge < -0.3 is 9.47 Å². The first-order valence-corrected chi connectivity index (χ1v) is 8.90. The van der Waals surface area contributed by atoms with Gasteiger partial charge in [0.15, 0.2) is 0 Å². The highest BCUT2D eigenvalue weighted by Gasteiger charge is 2.17. The zero-order valence-corrected chi connectivity index (χ0v) is 15.0. The molecule has 0 aliphatic rings. The van der Waals surface area contributed by atoms with Crippen LogP contribution in [0.5, 0.6) is 5.75 Å². The van der Waals surface area contributed by atoms with Gasteiger partial charge >= 0.3 is 5.97 Å². The number of esters is 1. The molecule has 0 bridgehead atoms. The molecule has 0 amide bonds. The number of aromatic nitrogens is 1. The van der Waals surface area contributed by atoms with Crippen LogP contribution in [0.2, 0.25) is 0 Å². The lowest BCUT2D eigenvalue weighted by Gasteiger charge is -2.15. The number of nitrogens with zero attached hydrogens (tertiary/aromatic N) is 1. The number of carbonyl (C=O) groups excluding carboxylic acids is 1. The summed E-state index contributed by atoms with van der Waals surface area (Å²) in [5, 5.41) is 2.94. The highest BCUT2D eigenvalue weighted by molar-refractivity contribution is 7.09. The van der Waals surface area contributed by atoms with Gasteiger partial charge in [0.2, 0.25) is 0 Å². The molecule has 0 spiro atoms. The molecule has 0 aliphatic heterocycles. The quantitative estimate of drug-likeness (QED) is 0.588. The van der Waals surface area contributed by atoms with Gasteiger partial charge in [-0.2, -0.15) is 0 Å². The summed E-state index contributed by atoms with van der Waals surface area (Å²) in [4.78, 5) is 16.9. The standard InChI is InChI=1S/C20H19NO3S/c1-14(16-8-4-3-5-9-16)24-20(22)18-10-6-7-11-19(18)23-12-17-13-25-15(2)21-17/h3-11,13-14H,12H2,1-2H3/t14-/m1/s1. The SMILES string of the molecule is Cc1nc(COc2ccccc2C(=O)O[C@H](C)c2ccccc2)cs1. The molecule has 1 atom stereocenters. The van der Waals surface area contributed by atoms with E-state index in [0.717, 1.165) is 16.3 Å². The molecule has 1 heterocycles. The maximum absolute atomic E-state index is 12.5. The number of hydrogen-bond donors (Lipinski definition) is 0. The molecule has 4 nitrogen and oxygen atoms in total. The van der Waals surface area contributed by atoms with E-state index in [9.17, 15) is 4.79 Å². The van der Waals surface area contributed by atoms with Gasteiger partial charge in [-0.15, -0.1) is 11.3 Å². The smallest absolute Gasteiger partial charge is 0.342 e. The van der Waals surface area contributed by atoms with E-state index in [1.807, 2.05) is 55.6 Å². The molecule has 0 fully saturated rings. The van der Waals surface area contributed by atoms with E-state index < -0.39 is 5.97 Å². The normalized spacial score (nSPS) is 11.8. The predicted molar refractivity (Wildman–Crippen MR) is 97.9 cm³/mol. The maximum Gasteiger partial charge on any atom is 0.342 e. The first-order chi connectivity index (χ1) is 12.1. The van der Waals surface area contributed by atoms with Crippen molar-refractivity contribution >= 4 is 17.3 Å². The first kappa shape index (κ1) is 17.2. The second kappa shape index (κ2) is 7.94. The van der Waals surface area contributed by atoms with E-state index in [1.54, 1.807) is 29.5 Å². The molecule has 0 saturated carbocycles. The Balaban J connectivity index is 1.70. The highest BCUT2D eigenvalue weighted by atomic mass is 32.1. The monoisotopic (exact) mass is 353 g/mol. The van der Waals surface area contributed by atoms with Crippen molar-refractivity contribution in [1.29, 1.82) is 0 Å². The number of carbonyl (C=O) groups is 1. The van der Waals surface area contributed by atoms with Gasteiger partial charge in [0.05, 0.1) is 10.7 Å². The number of rotatable bonds is 6. The molecular weight excluding hydrogens is 334 g/mol. The van der Waals surface area contributed by atoms with Crippen LogP contribution >= 0.6 is 11.3 Å². The minimum Gasteiger partial charge on any atom is -0.486 e.